The minimum Gasteiger partial charge on any atom is -0.756 e. The van der Waals surface area contributed by atoms with Crippen LogP contribution in [0.5, 0.6) is 0 Å². The smallest absolute Gasteiger partial charge is 0.306 e. The molecule has 2 unspecified atom stereocenters. The van der Waals surface area contributed by atoms with Crippen LogP contribution in [0, 0.1) is 0 Å². The number of allylic oxidation sites excluding steroid dienone is 18. The number of unbranched alkanes of at least 4 members (excludes halogenated alkanes) is 35. The summed E-state index contributed by atoms with van der Waals surface area (Å²) in [5.41, 5.74) is 0. The van der Waals surface area contributed by atoms with Crippen LogP contribution in [0.4, 0.5) is 0 Å². The maximum atomic E-state index is 12.9. The van der Waals surface area contributed by atoms with Gasteiger partial charge in [0, 0.05) is 12.8 Å². The molecule has 0 aromatic rings. The maximum Gasteiger partial charge on any atom is 0.306 e. The van der Waals surface area contributed by atoms with Gasteiger partial charge in [-0.2, -0.15) is 0 Å². The summed E-state index contributed by atoms with van der Waals surface area (Å²) >= 11 is 0. The molecule has 0 heterocycles. The van der Waals surface area contributed by atoms with Crippen LogP contribution in [0.15, 0.2) is 109 Å². The monoisotopic (exact) mass is 1250 g/mol. The number of quaternary nitrogens is 1. The third kappa shape index (κ3) is 71.7. The second-order valence-corrected chi connectivity index (χ2v) is 27.0. The van der Waals surface area contributed by atoms with E-state index in [1.165, 1.54) is 199 Å². The highest BCUT2D eigenvalue weighted by molar-refractivity contribution is 7.45. The fourth-order valence-corrected chi connectivity index (χ4v) is 10.9. The molecule has 9 nitrogen and oxygen atoms in total. The van der Waals surface area contributed by atoms with E-state index in [0.29, 0.717) is 17.4 Å². The first kappa shape index (κ1) is 84.7. The van der Waals surface area contributed by atoms with Crippen LogP contribution in [0.1, 0.15) is 322 Å². The topological polar surface area (TPSA) is 111 Å². The van der Waals surface area contributed by atoms with Crippen molar-refractivity contribution in [2.75, 3.05) is 47.5 Å². The van der Waals surface area contributed by atoms with Crippen LogP contribution in [-0.4, -0.2) is 70.0 Å². The Balaban J connectivity index is 4.00. The van der Waals surface area contributed by atoms with Crippen LogP contribution in [0.25, 0.3) is 0 Å². The first-order valence-corrected chi connectivity index (χ1v) is 38.1. The molecule has 0 aromatic carbocycles. The third-order valence-corrected chi connectivity index (χ3v) is 16.7. The second-order valence-electron chi connectivity index (χ2n) is 25.6. The number of phosphoric ester groups is 1. The number of phosphoric acid groups is 1. The van der Waals surface area contributed by atoms with Gasteiger partial charge in [0.1, 0.15) is 19.8 Å². The minimum atomic E-state index is -4.65. The molecule has 0 saturated heterocycles. The predicted molar refractivity (Wildman–Crippen MR) is 378 cm³/mol. The van der Waals surface area contributed by atoms with Crippen molar-refractivity contribution in [3.63, 3.8) is 0 Å². The van der Waals surface area contributed by atoms with Crippen molar-refractivity contribution in [3.05, 3.63) is 109 Å². The van der Waals surface area contributed by atoms with Crippen LogP contribution >= 0.6 is 7.82 Å². The van der Waals surface area contributed by atoms with Gasteiger partial charge in [-0.25, -0.2) is 0 Å². The molecule has 0 rings (SSSR count). The average molecular weight is 1250 g/mol. The summed E-state index contributed by atoms with van der Waals surface area (Å²) in [5.74, 6) is -0.825. The van der Waals surface area contributed by atoms with E-state index < -0.39 is 26.5 Å². The highest BCUT2D eigenvalue weighted by Crippen LogP contribution is 2.38. The van der Waals surface area contributed by atoms with E-state index in [2.05, 4.69) is 123 Å². The number of carbonyl (C=O) groups excluding carboxylic acids is 2. The molecule has 10 heteroatoms. The van der Waals surface area contributed by atoms with Crippen molar-refractivity contribution in [1.82, 2.24) is 0 Å². The third-order valence-electron chi connectivity index (χ3n) is 15.8. The fourth-order valence-electron chi connectivity index (χ4n) is 10.2. The summed E-state index contributed by atoms with van der Waals surface area (Å²) in [4.78, 5) is 38.1. The normalized spacial score (nSPS) is 13.8. The van der Waals surface area contributed by atoms with Gasteiger partial charge >= 0.3 is 11.9 Å². The van der Waals surface area contributed by atoms with Crippen molar-refractivity contribution in [2.24, 2.45) is 0 Å². The molecule has 0 fully saturated rings. The summed E-state index contributed by atoms with van der Waals surface area (Å²) < 4.78 is 34.3. The molecular formula is C78H138NO8P. The molecule has 508 valence electrons. The number of hydrogen-bond acceptors (Lipinski definition) is 8. The van der Waals surface area contributed by atoms with Gasteiger partial charge in [0.2, 0.25) is 0 Å². The SMILES string of the molecule is CC/C=C\C/C=C\C/C=C\C/C=C\C/C=C\C/C=C\C/C=C\CCCCCCCCCCCCCCCCCCCC(=O)OC(COC(=O)CCCCCCCCCCCCCCC/C=C\C/C=C\CCCCCCC)COP(=O)([O-])OCC[N+](C)(C)C. The Kier molecular flexibility index (Phi) is 65.5. The summed E-state index contributed by atoms with van der Waals surface area (Å²) in [6.45, 7) is 4.15. The first-order chi connectivity index (χ1) is 43.0. The molecule has 0 saturated carbocycles. The molecule has 0 aromatic heterocycles. The molecule has 88 heavy (non-hydrogen) atoms. The van der Waals surface area contributed by atoms with Gasteiger partial charge in [-0.15, -0.1) is 0 Å². The Bertz CT molecular complexity index is 1850. The summed E-state index contributed by atoms with van der Waals surface area (Å²) in [6.07, 6.45) is 96.0. The molecule has 0 spiro atoms. The van der Waals surface area contributed by atoms with Gasteiger partial charge in [0.15, 0.2) is 6.10 Å². The van der Waals surface area contributed by atoms with E-state index in [1.807, 2.05) is 21.1 Å². The Hall–Kier alpha value is -3.33. The highest BCUT2D eigenvalue weighted by atomic mass is 31.2. The number of nitrogens with zero attached hydrogens (tertiary/aromatic N) is 1. The van der Waals surface area contributed by atoms with Crippen LogP contribution in [0.2, 0.25) is 0 Å². The number of likely N-dealkylation sites (N-methyl/N-ethyl adjacent to an activating group) is 1. The zero-order valence-electron chi connectivity index (χ0n) is 57.9. The van der Waals surface area contributed by atoms with Gasteiger partial charge in [-0.05, 0) is 103 Å². The summed E-state index contributed by atoms with van der Waals surface area (Å²) in [7, 11) is 1.17. The van der Waals surface area contributed by atoms with Crippen LogP contribution in [-0.2, 0) is 32.7 Å². The second kappa shape index (κ2) is 68.0. The molecule has 0 bridgehead atoms. The number of hydrogen-bond donors (Lipinski definition) is 0. The number of esters is 2. The zero-order chi connectivity index (χ0) is 64.1. The van der Waals surface area contributed by atoms with E-state index in [9.17, 15) is 19.0 Å². The fraction of sp³-hybridized carbons (Fsp3) is 0.744. The van der Waals surface area contributed by atoms with Crippen molar-refractivity contribution >= 4 is 19.8 Å². The molecule has 0 radical (unpaired) electrons. The Labute approximate surface area is 544 Å². The van der Waals surface area contributed by atoms with E-state index in [0.717, 1.165) is 89.9 Å². The lowest BCUT2D eigenvalue weighted by Gasteiger charge is -2.28. The number of ether oxygens (including phenoxy) is 2. The van der Waals surface area contributed by atoms with Gasteiger partial charge < -0.3 is 27.9 Å². The van der Waals surface area contributed by atoms with Crippen LogP contribution < -0.4 is 4.89 Å². The maximum absolute atomic E-state index is 12.9. The van der Waals surface area contributed by atoms with Crippen molar-refractivity contribution in [3.8, 4) is 0 Å². The molecule has 0 aliphatic heterocycles. The van der Waals surface area contributed by atoms with E-state index in [4.69, 9.17) is 18.5 Å². The largest absolute Gasteiger partial charge is 0.756 e. The van der Waals surface area contributed by atoms with Crippen LogP contribution in [0.3, 0.4) is 0 Å². The molecule has 2 atom stereocenters. The molecule has 0 aliphatic carbocycles. The van der Waals surface area contributed by atoms with Gasteiger partial charge in [-0.1, -0.05) is 316 Å². The van der Waals surface area contributed by atoms with Gasteiger partial charge in [0.05, 0.1) is 27.7 Å². The van der Waals surface area contributed by atoms with Gasteiger partial charge in [0.25, 0.3) is 7.82 Å². The Morgan fingerprint density at radius 1 is 0.364 bits per heavy atom. The zero-order valence-corrected chi connectivity index (χ0v) is 58.8. The number of rotatable bonds is 67. The molecular weight excluding hydrogens is 1110 g/mol. The predicted octanol–water partition coefficient (Wildman–Crippen LogP) is 23.4. The average Bonchev–Trinajstić information content (AvgIpc) is 3.68. The van der Waals surface area contributed by atoms with Crippen molar-refractivity contribution in [1.29, 1.82) is 0 Å². The Morgan fingerprint density at radius 2 is 0.648 bits per heavy atom. The van der Waals surface area contributed by atoms with Gasteiger partial charge in [-0.3, -0.25) is 14.2 Å². The quantitative estimate of drug-likeness (QED) is 0.0195. The minimum absolute atomic E-state index is 0.0328. The highest BCUT2D eigenvalue weighted by Gasteiger charge is 2.22. The lowest BCUT2D eigenvalue weighted by atomic mass is 10.0. The molecule has 0 aliphatic rings. The first-order valence-electron chi connectivity index (χ1n) is 36.6. The lowest BCUT2D eigenvalue weighted by molar-refractivity contribution is -0.870. The molecule has 0 amide bonds. The summed E-state index contributed by atoms with van der Waals surface area (Å²) in [6, 6.07) is 0. The molecule has 0 N–H and O–H groups in total. The Morgan fingerprint density at radius 3 is 0.966 bits per heavy atom. The van der Waals surface area contributed by atoms with Crippen molar-refractivity contribution < 1.29 is 42.1 Å². The van der Waals surface area contributed by atoms with E-state index >= 15 is 0 Å². The number of carbonyl (C=O) groups is 2. The van der Waals surface area contributed by atoms with E-state index in [-0.39, 0.29) is 32.0 Å². The summed E-state index contributed by atoms with van der Waals surface area (Å²) in [5, 5.41) is 0. The lowest BCUT2D eigenvalue weighted by Crippen LogP contribution is -2.37. The standard InChI is InChI=1S/C78H138NO8P/c1-6-8-10-12-14-16-18-20-22-24-26-28-30-32-33-34-35-36-37-38-39-40-41-42-43-44-45-47-49-51-53-55-57-59-61-63-65-67-69-71-78(81)87-76(75-86-88(82,83)85-73-72-79(3,4)5)74-84-77(80)70-68-66-64-62-60-58-56-54-52-50-48-46-31-29-27-25-23-21-19-17-15-13-11-9-7-2/h8,10,14,16,19-22,25-28,32-33,35-36,38-39,76H,6-7,9,11-13,15,17-18,23-24,29-31,34,37,40-75H2,1-5H3/b10-8-,16-14-,21-19-,22-20-,27-25-,28-26-,33-32-,36-35-,39-38-. The van der Waals surface area contributed by atoms with E-state index in [1.54, 1.807) is 0 Å². The van der Waals surface area contributed by atoms with Crippen molar-refractivity contribution in [2.45, 2.75) is 328 Å².